The summed E-state index contributed by atoms with van der Waals surface area (Å²) in [6.07, 6.45) is 6.37. The first-order chi connectivity index (χ1) is 14.2. The van der Waals surface area contributed by atoms with E-state index in [4.69, 9.17) is 0 Å². The minimum atomic E-state index is -0.109. The van der Waals surface area contributed by atoms with Gasteiger partial charge in [0.25, 0.3) is 5.56 Å². The fourth-order valence-corrected chi connectivity index (χ4v) is 5.37. The van der Waals surface area contributed by atoms with Crippen LogP contribution in [0.2, 0.25) is 0 Å². The number of benzene rings is 2. The second kappa shape index (κ2) is 6.11. The number of hydrogen-bond acceptors (Lipinski definition) is 5. The summed E-state index contributed by atoms with van der Waals surface area (Å²) in [5.74, 6) is 1.31. The summed E-state index contributed by atoms with van der Waals surface area (Å²) in [4.78, 5) is 12.0. The Kier molecular flexibility index (Phi) is 3.51. The van der Waals surface area contributed by atoms with Crippen molar-refractivity contribution in [3.63, 3.8) is 0 Å². The van der Waals surface area contributed by atoms with Gasteiger partial charge in [-0.05, 0) is 37.2 Å². The van der Waals surface area contributed by atoms with Gasteiger partial charge < -0.3 is 5.32 Å². The van der Waals surface area contributed by atoms with Crippen LogP contribution in [0.25, 0.3) is 21.5 Å². The van der Waals surface area contributed by atoms with E-state index in [0.717, 1.165) is 58.7 Å². The third-order valence-electron chi connectivity index (χ3n) is 6.74. The molecule has 0 amide bonds. The van der Waals surface area contributed by atoms with Crippen molar-refractivity contribution in [2.45, 2.75) is 37.6 Å². The normalized spacial score (nSPS) is 25.7. The van der Waals surface area contributed by atoms with Crippen LogP contribution in [0.15, 0.2) is 59.5 Å². The van der Waals surface area contributed by atoms with Crippen molar-refractivity contribution in [2.24, 2.45) is 5.41 Å². The van der Waals surface area contributed by atoms with Crippen LogP contribution in [0, 0.1) is 5.41 Å². The lowest BCUT2D eigenvalue weighted by Crippen LogP contribution is -2.52. The van der Waals surface area contributed by atoms with E-state index in [1.807, 2.05) is 36.4 Å². The first kappa shape index (κ1) is 16.7. The second-order valence-corrected chi connectivity index (χ2v) is 8.62. The van der Waals surface area contributed by atoms with Crippen LogP contribution in [-0.2, 0) is 0 Å². The maximum atomic E-state index is 12.0. The lowest BCUT2D eigenvalue weighted by molar-refractivity contribution is -0.00295. The van der Waals surface area contributed by atoms with Crippen molar-refractivity contribution in [3.05, 3.63) is 70.8 Å². The topological polar surface area (TPSA) is 83.6 Å². The van der Waals surface area contributed by atoms with E-state index in [2.05, 4.69) is 37.8 Å². The molecule has 6 rings (SSSR count). The summed E-state index contributed by atoms with van der Waals surface area (Å²) in [5.41, 5.74) is 1.34. The fraction of sp³-hybridized carbons (Fsp3) is 0.304. The molecule has 0 bridgehead atoms. The molecule has 2 fully saturated rings. The largest absolute Gasteiger partial charge is 0.365 e. The minimum absolute atomic E-state index is 0.109. The summed E-state index contributed by atoms with van der Waals surface area (Å²) in [6, 6.07) is 16.4. The Morgan fingerprint density at radius 3 is 2.48 bits per heavy atom. The maximum Gasteiger partial charge on any atom is 0.272 e. The van der Waals surface area contributed by atoms with Crippen LogP contribution in [-0.4, -0.2) is 26.4 Å². The van der Waals surface area contributed by atoms with Crippen LogP contribution in [0.4, 0.5) is 5.82 Å². The number of aromatic nitrogens is 4. The third-order valence-corrected chi connectivity index (χ3v) is 6.74. The molecule has 0 radical (unpaired) electrons. The summed E-state index contributed by atoms with van der Waals surface area (Å²) in [7, 11) is 0. The predicted octanol–water partition coefficient (Wildman–Crippen LogP) is 4.00. The standard InChI is InChI=1S/C23H21N5O/c29-22-19-8-4-3-7-18(19)20(26-28-22)15-9-23(10-15)11-16(12-23)25-21-17-6-2-1-5-14(17)13-24-27-21/h1-8,13,15-16H,9-12H2,(H,25,27)(H,28,29). The van der Waals surface area contributed by atoms with Gasteiger partial charge in [0.05, 0.1) is 17.3 Å². The number of nitrogens with one attached hydrogen (secondary N) is 2. The number of nitrogens with zero attached hydrogens (tertiary/aromatic N) is 3. The molecule has 4 aromatic rings. The van der Waals surface area contributed by atoms with Crippen molar-refractivity contribution >= 4 is 27.4 Å². The first-order valence-corrected chi connectivity index (χ1v) is 10.2. The number of anilines is 1. The SMILES string of the molecule is O=c1[nH]nc(C2CC3(CC(Nc4nncc5ccccc45)C3)C2)c2ccccc12. The Bertz CT molecular complexity index is 1280. The van der Waals surface area contributed by atoms with Gasteiger partial charge in [-0.3, -0.25) is 4.79 Å². The predicted molar refractivity (Wildman–Crippen MR) is 113 cm³/mol. The van der Waals surface area contributed by atoms with Gasteiger partial charge in [-0.1, -0.05) is 42.5 Å². The van der Waals surface area contributed by atoms with Crippen LogP contribution >= 0.6 is 0 Å². The van der Waals surface area contributed by atoms with E-state index in [0.29, 0.717) is 17.4 Å². The van der Waals surface area contributed by atoms with Crippen LogP contribution in [0.3, 0.4) is 0 Å². The summed E-state index contributed by atoms with van der Waals surface area (Å²) >= 11 is 0. The van der Waals surface area contributed by atoms with Crippen molar-refractivity contribution in [1.29, 1.82) is 0 Å². The van der Waals surface area contributed by atoms with Crippen LogP contribution in [0.5, 0.6) is 0 Å². The van der Waals surface area contributed by atoms with Gasteiger partial charge in [0.2, 0.25) is 0 Å². The monoisotopic (exact) mass is 383 g/mol. The zero-order valence-corrected chi connectivity index (χ0v) is 15.9. The smallest absolute Gasteiger partial charge is 0.272 e. The van der Waals surface area contributed by atoms with Crippen LogP contribution in [0.1, 0.15) is 37.3 Å². The molecule has 0 aliphatic heterocycles. The lowest BCUT2D eigenvalue weighted by atomic mass is 9.49. The average molecular weight is 383 g/mol. The van der Waals surface area contributed by atoms with E-state index in [1.54, 1.807) is 6.20 Å². The van der Waals surface area contributed by atoms with Gasteiger partial charge in [-0.15, -0.1) is 5.10 Å². The number of H-pyrrole nitrogens is 1. The molecule has 144 valence electrons. The highest BCUT2D eigenvalue weighted by atomic mass is 16.1. The van der Waals surface area contributed by atoms with Gasteiger partial charge in [0.15, 0.2) is 5.82 Å². The molecule has 2 aromatic heterocycles. The van der Waals surface area contributed by atoms with Crippen molar-refractivity contribution in [2.75, 3.05) is 5.32 Å². The van der Waals surface area contributed by atoms with Gasteiger partial charge in [0, 0.05) is 28.1 Å². The van der Waals surface area contributed by atoms with Crippen molar-refractivity contribution in [1.82, 2.24) is 20.4 Å². The third kappa shape index (κ3) is 2.63. The molecular formula is C23H21N5O. The molecule has 2 heterocycles. The van der Waals surface area contributed by atoms with Crippen molar-refractivity contribution < 1.29 is 0 Å². The van der Waals surface area contributed by atoms with E-state index in [9.17, 15) is 4.79 Å². The highest BCUT2D eigenvalue weighted by Crippen LogP contribution is 2.62. The molecule has 6 heteroatoms. The minimum Gasteiger partial charge on any atom is -0.365 e. The van der Waals surface area contributed by atoms with Gasteiger partial charge in [0.1, 0.15) is 0 Å². The Morgan fingerprint density at radius 1 is 0.931 bits per heavy atom. The summed E-state index contributed by atoms with van der Waals surface area (Å²) in [6.45, 7) is 0. The maximum absolute atomic E-state index is 12.0. The molecular weight excluding hydrogens is 362 g/mol. The Balaban J connectivity index is 1.16. The van der Waals surface area contributed by atoms with E-state index in [-0.39, 0.29) is 5.56 Å². The molecule has 0 unspecified atom stereocenters. The summed E-state index contributed by atoms with van der Waals surface area (Å²) < 4.78 is 0. The average Bonchev–Trinajstić information content (AvgIpc) is 2.70. The van der Waals surface area contributed by atoms with Crippen molar-refractivity contribution in [3.8, 4) is 0 Å². The molecule has 6 nitrogen and oxygen atoms in total. The van der Waals surface area contributed by atoms with E-state index in [1.165, 1.54) is 0 Å². The quantitative estimate of drug-likeness (QED) is 0.559. The number of fused-ring (bicyclic) bond motifs is 2. The zero-order valence-electron chi connectivity index (χ0n) is 15.9. The molecule has 0 atom stereocenters. The molecule has 2 aliphatic carbocycles. The van der Waals surface area contributed by atoms with E-state index < -0.39 is 0 Å². The lowest BCUT2D eigenvalue weighted by Gasteiger charge is -2.57. The second-order valence-electron chi connectivity index (χ2n) is 8.62. The highest BCUT2D eigenvalue weighted by molar-refractivity contribution is 5.91. The molecule has 0 saturated heterocycles. The first-order valence-electron chi connectivity index (χ1n) is 10.2. The molecule has 1 spiro atoms. The Morgan fingerprint density at radius 2 is 1.66 bits per heavy atom. The number of hydrogen-bond donors (Lipinski definition) is 2. The Hall–Kier alpha value is -3.28. The van der Waals surface area contributed by atoms with Crippen LogP contribution < -0.4 is 10.9 Å². The summed E-state index contributed by atoms with van der Waals surface area (Å²) in [5, 5.41) is 23.1. The molecule has 2 N–H and O–H groups in total. The van der Waals surface area contributed by atoms with Gasteiger partial charge in [-0.2, -0.15) is 10.2 Å². The Labute approximate surface area is 167 Å². The molecule has 2 saturated carbocycles. The highest BCUT2D eigenvalue weighted by Gasteiger charge is 2.54. The number of rotatable bonds is 3. The van der Waals surface area contributed by atoms with Gasteiger partial charge in [-0.25, -0.2) is 5.10 Å². The fourth-order valence-electron chi connectivity index (χ4n) is 5.37. The van der Waals surface area contributed by atoms with Gasteiger partial charge >= 0.3 is 0 Å². The number of aromatic amines is 1. The zero-order chi connectivity index (χ0) is 19.4. The van der Waals surface area contributed by atoms with E-state index >= 15 is 0 Å². The molecule has 2 aromatic carbocycles. The molecule has 29 heavy (non-hydrogen) atoms. The molecule has 2 aliphatic rings.